The summed E-state index contributed by atoms with van der Waals surface area (Å²) in [6.45, 7) is 0.351. The van der Waals surface area contributed by atoms with Crippen LogP contribution in [0.15, 0.2) is 48.8 Å². The van der Waals surface area contributed by atoms with E-state index in [9.17, 15) is 9.59 Å². The molecular formula is C26H27ClN4O2. The SMILES string of the molecule is Cl.O=C1C2CCCCC2C(=O)N1Cc1cccc(-c2ccc3ncnc(NC4CC4)c3c2)c1. The lowest BCUT2D eigenvalue weighted by Gasteiger charge is -2.19. The molecule has 2 atom stereocenters. The van der Waals surface area contributed by atoms with E-state index in [1.165, 1.54) is 17.7 Å². The van der Waals surface area contributed by atoms with Crippen LogP contribution in [0.4, 0.5) is 5.82 Å². The van der Waals surface area contributed by atoms with E-state index >= 15 is 0 Å². The third-order valence-electron chi connectivity index (χ3n) is 7.09. The number of likely N-dealkylation sites (tertiary alicyclic amines) is 1. The number of nitrogens with zero attached hydrogens (tertiary/aromatic N) is 3. The van der Waals surface area contributed by atoms with Crippen molar-refractivity contribution in [1.82, 2.24) is 14.9 Å². The standard InChI is InChI=1S/C26H26N4O2.ClH/c31-25-20-6-1-2-7-21(20)26(32)30(25)14-16-4-3-5-17(12-16)18-8-11-23-22(13-18)24(28-15-27-23)29-19-9-10-19;/h3-5,8,11-13,15,19-21H,1-2,6-7,9-10,14H2,(H,27,28,29);1H. The molecule has 6 nitrogen and oxygen atoms in total. The van der Waals surface area contributed by atoms with Crippen LogP contribution in [0, 0.1) is 11.8 Å². The minimum Gasteiger partial charge on any atom is -0.367 e. The van der Waals surface area contributed by atoms with Gasteiger partial charge in [-0.25, -0.2) is 9.97 Å². The molecule has 2 saturated carbocycles. The molecule has 2 unspecified atom stereocenters. The molecule has 2 aliphatic carbocycles. The largest absolute Gasteiger partial charge is 0.367 e. The van der Waals surface area contributed by atoms with E-state index in [2.05, 4.69) is 39.6 Å². The van der Waals surface area contributed by atoms with Crippen molar-refractivity contribution >= 4 is 40.9 Å². The second-order valence-electron chi connectivity index (χ2n) is 9.33. The van der Waals surface area contributed by atoms with Gasteiger partial charge in [-0.3, -0.25) is 14.5 Å². The van der Waals surface area contributed by atoms with Crippen molar-refractivity contribution in [2.75, 3.05) is 5.32 Å². The summed E-state index contributed by atoms with van der Waals surface area (Å²) >= 11 is 0. The van der Waals surface area contributed by atoms with Crippen molar-refractivity contribution in [2.24, 2.45) is 11.8 Å². The number of benzene rings is 2. The number of carbonyl (C=O) groups excluding carboxylic acids is 2. The van der Waals surface area contributed by atoms with Gasteiger partial charge in [-0.05, 0) is 60.6 Å². The molecule has 0 spiro atoms. The lowest BCUT2D eigenvalue weighted by atomic mass is 9.81. The third kappa shape index (κ3) is 4.08. The molecule has 2 heterocycles. The predicted octanol–water partition coefficient (Wildman–Crippen LogP) is 4.97. The third-order valence-corrected chi connectivity index (χ3v) is 7.09. The van der Waals surface area contributed by atoms with Crippen molar-refractivity contribution in [3.8, 4) is 11.1 Å². The Labute approximate surface area is 199 Å². The zero-order valence-corrected chi connectivity index (χ0v) is 19.2. The lowest BCUT2D eigenvalue weighted by molar-refractivity contribution is -0.140. The van der Waals surface area contributed by atoms with Crippen molar-refractivity contribution < 1.29 is 9.59 Å². The van der Waals surface area contributed by atoms with Crippen molar-refractivity contribution in [3.05, 3.63) is 54.4 Å². The van der Waals surface area contributed by atoms with Crippen LogP contribution in [0.5, 0.6) is 0 Å². The highest BCUT2D eigenvalue weighted by atomic mass is 35.5. The fourth-order valence-corrected chi connectivity index (χ4v) is 5.19. The summed E-state index contributed by atoms with van der Waals surface area (Å²) in [6, 6.07) is 14.9. The van der Waals surface area contributed by atoms with Gasteiger partial charge in [-0.1, -0.05) is 37.1 Å². The Morgan fingerprint density at radius 1 is 0.879 bits per heavy atom. The maximum Gasteiger partial charge on any atom is 0.233 e. The molecule has 33 heavy (non-hydrogen) atoms. The van der Waals surface area contributed by atoms with Crippen LogP contribution in [0.1, 0.15) is 44.1 Å². The monoisotopic (exact) mass is 462 g/mol. The fraction of sp³-hybridized carbons (Fsp3) is 0.385. The number of fused-ring (bicyclic) bond motifs is 2. The van der Waals surface area contributed by atoms with Gasteiger partial charge in [-0.2, -0.15) is 0 Å². The summed E-state index contributed by atoms with van der Waals surface area (Å²) in [5, 5.41) is 4.51. The summed E-state index contributed by atoms with van der Waals surface area (Å²) in [7, 11) is 0. The summed E-state index contributed by atoms with van der Waals surface area (Å²) < 4.78 is 0. The molecule has 1 aromatic heterocycles. The quantitative estimate of drug-likeness (QED) is 0.542. The molecule has 7 heteroatoms. The van der Waals surface area contributed by atoms with E-state index in [1.807, 2.05) is 18.2 Å². The number of amides is 2. The van der Waals surface area contributed by atoms with Crippen LogP contribution in [-0.4, -0.2) is 32.7 Å². The zero-order chi connectivity index (χ0) is 21.7. The van der Waals surface area contributed by atoms with Crippen LogP contribution in [0.3, 0.4) is 0 Å². The van der Waals surface area contributed by atoms with E-state index in [4.69, 9.17) is 0 Å². The van der Waals surface area contributed by atoms with Crippen LogP contribution in [0.25, 0.3) is 22.0 Å². The normalized spacial score (nSPS) is 22.2. The number of aromatic nitrogens is 2. The van der Waals surface area contributed by atoms with Gasteiger partial charge in [0.2, 0.25) is 11.8 Å². The molecule has 6 rings (SSSR count). The molecule has 2 aromatic carbocycles. The minimum atomic E-state index is -0.0997. The molecule has 3 aromatic rings. The number of halogens is 1. The molecule has 3 aliphatic rings. The van der Waals surface area contributed by atoms with Gasteiger partial charge in [0, 0.05) is 11.4 Å². The average molecular weight is 463 g/mol. The van der Waals surface area contributed by atoms with Crippen molar-refractivity contribution in [3.63, 3.8) is 0 Å². The van der Waals surface area contributed by atoms with E-state index in [0.29, 0.717) is 12.6 Å². The van der Waals surface area contributed by atoms with Gasteiger partial charge < -0.3 is 5.32 Å². The first-order chi connectivity index (χ1) is 15.7. The fourth-order valence-electron chi connectivity index (χ4n) is 5.19. The van der Waals surface area contributed by atoms with E-state index in [0.717, 1.165) is 59.1 Å². The Morgan fingerprint density at radius 2 is 1.61 bits per heavy atom. The molecule has 3 fully saturated rings. The first-order valence-electron chi connectivity index (χ1n) is 11.6. The Balaban J connectivity index is 0.00000228. The van der Waals surface area contributed by atoms with Crippen LogP contribution in [-0.2, 0) is 16.1 Å². The number of hydrogen-bond acceptors (Lipinski definition) is 5. The van der Waals surface area contributed by atoms with Crippen molar-refractivity contribution in [1.29, 1.82) is 0 Å². The van der Waals surface area contributed by atoms with Gasteiger partial charge in [-0.15, -0.1) is 12.4 Å². The second kappa shape index (κ2) is 8.75. The number of carbonyl (C=O) groups is 2. The molecule has 2 amide bonds. The Bertz CT molecular complexity index is 1200. The van der Waals surface area contributed by atoms with E-state index in [-0.39, 0.29) is 36.1 Å². The highest BCUT2D eigenvalue weighted by Crippen LogP contribution is 2.39. The predicted molar refractivity (Wildman–Crippen MR) is 130 cm³/mol. The summed E-state index contributed by atoms with van der Waals surface area (Å²) in [6.07, 6.45) is 7.77. The Morgan fingerprint density at radius 3 is 2.33 bits per heavy atom. The van der Waals surface area contributed by atoms with Crippen LogP contribution in [0.2, 0.25) is 0 Å². The molecule has 1 aliphatic heterocycles. The summed E-state index contributed by atoms with van der Waals surface area (Å²) in [5.74, 6) is 0.716. The molecule has 1 saturated heterocycles. The van der Waals surface area contributed by atoms with Gasteiger partial charge in [0.15, 0.2) is 0 Å². The molecule has 170 valence electrons. The maximum atomic E-state index is 12.9. The maximum absolute atomic E-state index is 12.9. The summed E-state index contributed by atoms with van der Waals surface area (Å²) in [5.41, 5.74) is 4.02. The van der Waals surface area contributed by atoms with Gasteiger partial charge >= 0.3 is 0 Å². The smallest absolute Gasteiger partial charge is 0.233 e. The van der Waals surface area contributed by atoms with E-state index < -0.39 is 0 Å². The van der Waals surface area contributed by atoms with Crippen LogP contribution >= 0.6 is 12.4 Å². The number of nitrogens with one attached hydrogen (secondary N) is 1. The Kier molecular flexibility index (Phi) is 5.79. The first-order valence-corrected chi connectivity index (χ1v) is 11.6. The molecule has 1 N–H and O–H groups in total. The van der Waals surface area contributed by atoms with Gasteiger partial charge in [0.05, 0.1) is 23.9 Å². The number of anilines is 1. The average Bonchev–Trinajstić information content (AvgIpc) is 3.62. The van der Waals surface area contributed by atoms with E-state index in [1.54, 1.807) is 6.33 Å². The minimum absolute atomic E-state index is 0. The van der Waals surface area contributed by atoms with Crippen molar-refractivity contribution in [2.45, 2.75) is 51.1 Å². The molecule has 0 bridgehead atoms. The highest BCUT2D eigenvalue weighted by molar-refractivity contribution is 6.05. The van der Waals surface area contributed by atoms with Gasteiger partial charge in [0.1, 0.15) is 12.1 Å². The number of imide groups is 1. The Hall–Kier alpha value is -2.99. The number of hydrogen-bond donors (Lipinski definition) is 1. The molecular weight excluding hydrogens is 436 g/mol. The highest BCUT2D eigenvalue weighted by Gasteiger charge is 2.47. The number of rotatable bonds is 5. The second-order valence-corrected chi connectivity index (χ2v) is 9.33. The first kappa shape index (κ1) is 21.8. The topological polar surface area (TPSA) is 75.2 Å². The van der Waals surface area contributed by atoms with Gasteiger partial charge in [0.25, 0.3) is 0 Å². The molecule has 0 radical (unpaired) electrons. The summed E-state index contributed by atoms with van der Waals surface area (Å²) in [4.78, 5) is 36.1. The van der Waals surface area contributed by atoms with Crippen LogP contribution < -0.4 is 5.32 Å². The lowest BCUT2D eigenvalue weighted by Crippen LogP contribution is -2.30. The zero-order valence-electron chi connectivity index (χ0n) is 18.4.